The number of rotatable bonds is 3. The lowest BCUT2D eigenvalue weighted by Crippen LogP contribution is -2.46. The highest BCUT2D eigenvalue weighted by atomic mass is 35.5. The second-order valence-corrected chi connectivity index (χ2v) is 6.91. The molecule has 1 saturated heterocycles. The molecule has 0 unspecified atom stereocenters. The van der Waals surface area contributed by atoms with Gasteiger partial charge in [-0.25, -0.2) is 0 Å². The Morgan fingerprint density at radius 1 is 1.09 bits per heavy atom. The van der Waals surface area contributed by atoms with Gasteiger partial charge in [-0.05, 0) is 30.4 Å². The van der Waals surface area contributed by atoms with E-state index in [1.165, 1.54) is 31.2 Å². The van der Waals surface area contributed by atoms with Gasteiger partial charge in [-0.3, -0.25) is 4.90 Å². The van der Waals surface area contributed by atoms with Gasteiger partial charge in [-0.15, -0.1) is 0 Å². The number of nitrogens with zero attached hydrogens (tertiary/aromatic N) is 1. The third-order valence-electron chi connectivity index (χ3n) is 5.20. The Labute approximate surface area is 136 Å². The molecular weight excluding hydrogens is 300 g/mol. The summed E-state index contributed by atoms with van der Waals surface area (Å²) >= 11 is 6.62. The second kappa shape index (κ2) is 6.26. The first-order valence-electron chi connectivity index (χ1n) is 8.37. The van der Waals surface area contributed by atoms with Crippen LogP contribution in [0.1, 0.15) is 37.3 Å². The van der Waals surface area contributed by atoms with Crippen molar-refractivity contribution in [3.05, 3.63) is 22.7 Å². The summed E-state index contributed by atoms with van der Waals surface area (Å²) in [6.07, 6.45) is 5.30. The SMILES string of the molecule is Clc1cc2c(cc1[C@H](C1CCCC1)N1CCNCC1)OCO2. The van der Waals surface area contributed by atoms with Crippen molar-refractivity contribution in [2.45, 2.75) is 31.7 Å². The van der Waals surface area contributed by atoms with Crippen molar-refractivity contribution < 1.29 is 9.47 Å². The van der Waals surface area contributed by atoms with Crippen LogP contribution in [0.3, 0.4) is 0 Å². The van der Waals surface area contributed by atoms with Gasteiger partial charge in [0.1, 0.15) is 0 Å². The molecule has 1 aromatic rings. The molecule has 1 aliphatic carbocycles. The maximum absolute atomic E-state index is 6.62. The molecule has 0 radical (unpaired) electrons. The van der Waals surface area contributed by atoms with Crippen molar-refractivity contribution in [3.8, 4) is 11.5 Å². The Kier molecular flexibility index (Phi) is 4.16. The summed E-state index contributed by atoms with van der Waals surface area (Å²) in [7, 11) is 0. The number of ether oxygens (including phenoxy) is 2. The van der Waals surface area contributed by atoms with E-state index in [0.29, 0.717) is 18.8 Å². The molecule has 1 atom stereocenters. The Morgan fingerprint density at radius 2 is 1.77 bits per heavy atom. The topological polar surface area (TPSA) is 33.7 Å². The number of hydrogen-bond donors (Lipinski definition) is 1. The van der Waals surface area contributed by atoms with Gasteiger partial charge in [0.2, 0.25) is 6.79 Å². The van der Waals surface area contributed by atoms with Gasteiger partial charge in [-0.2, -0.15) is 0 Å². The van der Waals surface area contributed by atoms with Crippen LogP contribution in [0.5, 0.6) is 11.5 Å². The zero-order chi connectivity index (χ0) is 14.9. The van der Waals surface area contributed by atoms with Crippen molar-refractivity contribution in [2.75, 3.05) is 33.0 Å². The quantitative estimate of drug-likeness (QED) is 0.926. The van der Waals surface area contributed by atoms with Crippen molar-refractivity contribution in [3.63, 3.8) is 0 Å². The predicted molar refractivity (Wildman–Crippen MR) is 86.7 cm³/mol. The van der Waals surface area contributed by atoms with E-state index in [0.717, 1.165) is 42.7 Å². The lowest BCUT2D eigenvalue weighted by atomic mass is 9.89. The summed E-state index contributed by atoms with van der Waals surface area (Å²) in [6, 6.07) is 4.46. The number of piperazine rings is 1. The molecule has 0 amide bonds. The molecule has 4 nitrogen and oxygen atoms in total. The summed E-state index contributed by atoms with van der Waals surface area (Å²) in [5.74, 6) is 2.33. The van der Waals surface area contributed by atoms with Crippen LogP contribution in [0.15, 0.2) is 12.1 Å². The summed E-state index contributed by atoms with van der Waals surface area (Å²) in [6.45, 7) is 4.60. The predicted octanol–water partition coefficient (Wildman–Crippen LogP) is 3.21. The minimum absolute atomic E-state index is 0.302. The van der Waals surface area contributed by atoms with Crippen molar-refractivity contribution >= 4 is 11.6 Å². The Hall–Kier alpha value is -0.970. The first-order chi connectivity index (χ1) is 10.8. The van der Waals surface area contributed by atoms with Gasteiger partial charge in [-0.1, -0.05) is 24.4 Å². The summed E-state index contributed by atoms with van der Waals surface area (Å²) < 4.78 is 11.0. The monoisotopic (exact) mass is 322 g/mol. The minimum atomic E-state index is 0.302. The van der Waals surface area contributed by atoms with E-state index in [4.69, 9.17) is 21.1 Å². The van der Waals surface area contributed by atoms with Gasteiger partial charge in [0.05, 0.1) is 0 Å². The highest BCUT2D eigenvalue weighted by molar-refractivity contribution is 6.31. The molecule has 22 heavy (non-hydrogen) atoms. The molecule has 2 fully saturated rings. The van der Waals surface area contributed by atoms with Crippen molar-refractivity contribution in [1.82, 2.24) is 10.2 Å². The standard InChI is InChI=1S/C17H23ClN2O2/c18-14-10-16-15(21-11-22-16)9-13(14)17(12-3-1-2-4-12)20-7-5-19-6-8-20/h9-10,12,17,19H,1-8,11H2/t17-/m0/s1. The Balaban J connectivity index is 1.70. The fourth-order valence-corrected chi connectivity index (χ4v) is 4.41. The van der Waals surface area contributed by atoms with Crippen LogP contribution in [0.2, 0.25) is 5.02 Å². The van der Waals surface area contributed by atoms with E-state index in [9.17, 15) is 0 Å². The molecule has 4 rings (SSSR count). The van der Waals surface area contributed by atoms with Gasteiger partial charge >= 0.3 is 0 Å². The maximum atomic E-state index is 6.62. The van der Waals surface area contributed by atoms with Gasteiger partial charge in [0.15, 0.2) is 11.5 Å². The highest BCUT2D eigenvalue weighted by Gasteiger charge is 2.34. The third-order valence-corrected chi connectivity index (χ3v) is 5.53. The second-order valence-electron chi connectivity index (χ2n) is 6.50. The Morgan fingerprint density at radius 3 is 2.50 bits per heavy atom. The molecule has 0 bridgehead atoms. The maximum Gasteiger partial charge on any atom is 0.231 e. The highest BCUT2D eigenvalue weighted by Crippen LogP contribution is 2.46. The van der Waals surface area contributed by atoms with E-state index < -0.39 is 0 Å². The minimum Gasteiger partial charge on any atom is -0.454 e. The molecule has 2 heterocycles. The zero-order valence-corrected chi connectivity index (χ0v) is 13.6. The number of benzene rings is 1. The molecule has 0 aromatic heterocycles. The van der Waals surface area contributed by atoms with Crippen LogP contribution in [0.25, 0.3) is 0 Å². The Bertz CT molecular complexity index is 540. The third kappa shape index (κ3) is 2.68. The first-order valence-corrected chi connectivity index (χ1v) is 8.74. The molecule has 5 heteroatoms. The van der Waals surface area contributed by atoms with Gasteiger partial charge in [0, 0.05) is 43.3 Å². The largest absolute Gasteiger partial charge is 0.454 e. The fourth-order valence-electron chi connectivity index (χ4n) is 4.14. The summed E-state index contributed by atoms with van der Waals surface area (Å²) in [4.78, 5) is 2.61. The van der Waals surface area contributed by atoms with E-state index >= 15 is 0 Å². The zero-order valence-electron chi connectivity index (χ0n) is 12.8. The van der Waals surface area contributed by atoms with Crippen LogP contribution in [-0.4, -0.2) is 37.9 Å². The van der Waals surface area contributed by atoms with Gasteiger partial charge < -0.3 is 14.8 Å². The molecule has 1 saturated carbocycles. The van der Waals surface area contributed by atoms with E-state index in [-0.39, 0.29) is 0 Å². The average Bonchev–Trinajstić information content (AvgIpc) is 3.20. The first kappa shape index (κ1) is 14.6. The van der Waals surface area contributed by atoms with E-state index in [1.807, 2.05) is 6.07 Å². The van der Waals surface area contributed by atoms with Crippen LogP contribution in [-0.2, 0) is 0 Å². The average molecular weight is 323 g/mol. The molecular formula is C17H23ClN2O2. The van der Waals surface area contributed by atoms with E-state index in [1.54, 1.807) is 0 Å². The fraction of sp³-hybridized carbons (Fsp3) is 0.647. The number of fused-ring (bicyclic) bond motifs is 1. The summed E-state index contributed by atoms with van der Waals surface area (Å²) in [5, 5.41) is 4.27. The number of hydrogen-bond acceptors (Lipinski definition) is 4. The van der Waals surface area contributed by atoms with Crippen LogP contribution < -0.4 is 14.8 Å². The van der Waals surface area contributed by atoms with Crippen LogP contribution >= 0.6 is 11.6 Å². The smallest absolute Gasteiger partial charge is 0.231 e. The number of halogens is 1. The number of nitrogens with one attached hydrogen (secondary N) is 1. The molecule has 120 valence electrons. The van der Waals surface area contributed by atoms with Crippen molar-refractivity contribution in [1.29, 1.82) is 0 Å². The molecule has 1 aromatic carbocycles. The molecule has 3 aliphatic rings. The molecule has 2 aliphatic heterocycles. The normalized spacial score (nSPS) is 23.9. The van der Waals surface area contributed by atoms with Crippen LogP contribution in [0.4, 0.5) is 0 Å². The van der Waals surface area contributed by atoms with Crippen LogP contribution in [0, 0.1) is 5.92 Å². The van der Waals surface area contributed by atoms with Gasteiger partial charge in [0.25, 0.3) is 0 Å². The lowest BCUT2D eigenvalue weighted by Gasteiger charge is -2.39. The van der Waals surface area contributed by atoms with E-state index in [2.05, 4.69) is 16.3 Å². The molecule has 0 spiro atoms. The lowest BCUT2D eigenvalue weighted by molar-refractivity contribution is 0.125. The summed E-state index contributed by atoms with van der Waals surface area (Å²) in [5.41, 5.74) is 1.22. The molecule has 1 N–H and O–H groups in total. The van der Waals surface area contributed by atoms with Crippen molar-refractivity contribution in [2.24, 2.45) is 5.92 Å².